The standard InChI is InChI=1S/C30H25N3O2S/c1-21-12-8-11-19-26(21)33-29(35)24-17-9-10-18-25(24)31-30(33)36-20-27(34)32-28(22-13-4-2-5-14-22)23-15-6-3-7-16-23/h2-19,28H,20H2,1H3,(H,32,34). The minimum absolute atomic E-state index is 0.118. The number of hydrogen-bond acceptors (Lipinski definition) is 4. The zero-order valence-electron chi connectivity index (χ0n) is 19.8. The Morgan fingerprint density at radius 1 is 0.833 bits per heavy atom. The van der Waals surface area contributed by atoms with Crippen molar-refractivity contribution >= 4 is 28.6 Å². The Kier molecular flexibility index (Phi) is 6.96. The third kappa shape index (κ3) is 4.95. The predicted molar refractivity (Wildman–Crippen MR) is 146 cm³/mol. The van der Waals surface area contributed by atoms with Gasteiger partial charge in [0.2, 0.25) is 5.91 Å². The van der Waals surface area contributed by atoms with Gasteiger partial charge in [-0.25, -0.2) is 4.98 Å². The van der Waals surface area contributed by atoms with Gasteiger partial charge in [0, 0.05) is 0 Å². The molecule has 1 amide bonds. The quantitative estimate of drug-likeness (QED) is 0.235. The molecule has 0 aliphatic carbocycles. The smallest absolute Gasteiger partial charge is 0.266 e. The summed E-state index contributed by atoms with van der Waals surface area (Å²) in [6.07, 6.45) is 0. The second-order valence-corrected chi connectivity index (χ2v) is 9.39. The molecule has 6 heteroatoms. The molecule has 0 spiro atoms. The van der Waals surface area contributed by atoms with E-state index in [4.69, 9.17) is 4.98 Å². The fourth-order valence-electron chi connectivity index (χ4n) is 4.22. The van der Waals surface area contributed by atoms with Crippen molar-refractivity contribution in [1.82, 2.24) is 14.9 Å². The Morgan fingerprint density at radius 3 is 2.08 bits per heavy atom. The van der Waals surface area contributed by atoms with Gasteiger partial charge in [-0.3, -0.25) is 14.2 Å². The molecular weight excluding hydrogens is 466 g/mol. The van der Waals surface area contributed by atoms with Gasteiger partial charge in [-0.1, -0.05) is 103 Å². The normalized spacial score (nSPS) is 11.1. The number of amides is 1. The molecule has 0 saturated carbocycles. The summed E-state index contributed by atoms with van der Waals surface area (Å²) in [5.41, 5.74) is 4.18. The molecule has 36 heavy (non-hydrogen) atoms. The first-order valence-corrected chi connectivity index (χ1v) is 12.7. The van der Waals surface area contributed by atoms with Crippen LogP contribution >= 0.6 is 11.8 Å². The van der Waals surface area contributed by atoms with Crippen LogP contribution in [0.2, 0.25) is 0 Å². The summed E-state index contributed by atoms with van der Waals surface area (Å²) in [4.78, 5) is 31.5. The average Bonchev–Trinajstić information content (AvgIpc) is 2.92. The highest BCUT2D eigenvalue weighted by Gasteiger charge is 2.19. The predicted octanol–water partition coefficient (Wildman–Crippen LogP) is 5.69. The number of fused-ring (bicyclic) bond motifs is 1. The van der Waals surface area contributed by atoms with E-state index in [1.807, 2.05) is 110 Å². The molecule has 0 fully saturated rings. The Balaban J connectivity index is 1.46. The highest BCUT2D eigenvalue weighted by atomic mass is 32.2. The molecule has 1 N–H and O–H groups in total. The van der Waals surface area contributed by atoms with Crippen molar-refractivity contribution in [2.24, 2.45) is 0 Å². The zero-order chi connectivity index (χ0) is 24.9. The van der Waals surface area contributed by atoms with Crippen LogP contribution in [0, 0.1) is 6.92 Å². The van der Waals surface area contributed by atoms with Gasteiger partial charge in [0.25, 0.3) is 5.56 Å². The van der Waals surface area contributed by atoms with E-state index in [9.17, 15) is 9.59 Å². The highest BCUT2D eigenvalue weighted by Crippen LogP contribution is 2.25. The highest BCUT2D eigenvalue weighted by molar-refractivity contribution is 7.99. The van der Waals surface area contributed by atoms with E-state index >= 15 is 0 Å². The van der Waals surface area contributed by atoms with E-state index in [1.165, 1.54) is 11.8 Å². The second kappa shape index (κ2) is 10.6. The monoisotopic (exact) mass is 491 g/mol. The van der Waals surface area contributed by atoms with Crippen molar-refractivity contribution in [2.45, 2.75) is 18.1 Å². The number of benzene rings is 4. The van der Waals surface area contributed by atoms with Gasteiger partial charge in [-0.2, -0.15) is 0 Å². The Bertz CT molecular complexity index is 1530. The van der Waals surface area contributed by atoms with E-state index in [0.29, 0.717) is 16.1 Å². The van der Waals surface area contributed by atoms with E-state index in [1.54, 1.807) is 10.6 Å². The van der Waals surface area contributed by atoms with Crippen LogP contribution in [0.1, 0.15) is 22.7 Å². The van der Waals surface area contributed by atoms with Gasteiger partial charge >= 0.3 is 0 Å². The van der Waals surface area contributed by atoms with Crippen LogP contribution in [-0.2, 0) is 4.79 Å². The van der Waals surface area contributed by atoms with E-state index in [-0.39, 0.29) is 23.3 Å². The molecular formula is C30H25N3O2S. The number of rotatable bonds is 7. The summed E-state index contributed by atoms with van der Waals surface area (Å²) in [6.45, 7) is 1.96. The van der Waals surface area contributed by atoms with Gasteiger partial charge < -0.3 is 5.32 Å². The molecule has 0 aliphatic heterocycles. The number of para-hydroxylation sites is 2. The molecule has 1 heterocycles. The molecule has 178 valence electrons. The first-order chi connectivity index (χ1) is 17.6. The van der Waals surface area contributed by atoms with E-state index in [2.05, 4.69) is 5.32 Å². The molecule has 5 rings (SSSR count). The van der Waals surface area contributed by atoms with Crippen molar-refractivity contribution in [3.05, 3.63) is 136 Å². The number of hydrogen-bond donors (Lipinski definition) is 1. The van der Waals surface area contributed by atoms with Crippen LogP contribution in [0.25, 0.3) is 16.6 Å². The fourth-order valence-corrected chi connectivity index (χ4v) is 5.04. The van der Waals surface area contributed by atoms with Crippen LogP contribution in [0.5, 0.6) is 0 Å². The molecule has 0 radical (unpaired) electrons. The third-order valence-corrected chi connectivity index (χ3v) is 6.94. The largest absolute Gasteiger partial charge is 0.344 e. The lowest BCUT2D eigenvalue weighted by atomic mass is 9.99. The number of carbonyl (C=O) groups excluding carboxylic acids is 1. The molecule has 0 bridgehead atoms. The van der Waals surface area contributed by atoms with Crippen LogP contribution in [0.4, 0.5) is 0 Å². The maximum Gasteiger partial charge on any atom is 0.266 e. The molecule has 5 aromatic rings. The molecule has 5 nitrogen and oxygen atoms in total. The van der Waals surface area contributed by atoms with Crippen LogP contribution < -0.4 is 10.9 Å². The molecule has 1 aromatic heterocycles. The van der Waals surface area contributed by atoms with Crippen LogP contribution in [0.3, 0.4) is 0 Å². The first kappa shape index (κ1) is 23.6. The lowest BCUT2D eigenvalue weighted by Crippen LogP contribution is -2.31. The Morgan fingerprint density at radius 2 is 1.42 bits per heavy atom. The van der Waals surface area contributed by atoms with Gasteiger partial charge in [0.05, 0.1) is 28.4 Å². The first-order valence-electron chi connectivity index (χ1n) is 11.7. The van der Waals surface area contributed by atoms with Gasteiger partial charge in [-0.05, 0) is 41.8 Å². The minimum Gasteiger partial charge on any atom is -0.344 e. The number of carbonyl (C=O) groups is 1. The Hall–Kier alpha value is -4.16. The zero-order valence-corrected chi connectivity index (χ0v) is 20.6. The van der Waals surface area contributed by atoms with Crippen molar-refractivity contribution in [2.75, 3.05) is 5.75 Å². The lowest BCUT2D eigenvalue weighted by molar-refractivity contribution is -0.119. The number of nitrogens with one attached hydrogen (secondary N) is 1. The van der Waals surface area contributed by atoms with Crippen molar-refractivity contribution < 1.29 is 4.79 Å². The Labute approximate surface area is 213 Å². The third-order valence-electron chi connectivity index (χ3n) is 6.00. The topological polar surface area (TPSA) is 64.0 Å². The maximum absolute atomic E-state index is 13.5. The number of aromatic nitrogens is 2. The van der Waals surface area contributed by atoms with Gasteiger partial charge in [0.15, 0.2) is 5.16 Å². The second-order valence-electron chi connectivity index (χ2n) is 8.45. The van der Waals surface area contributed by atoms with Crippen molar-refractivity contribution in [1.29, 1.82) is 0 Å². The summed E-state index contributed by atoms with van der Waals surface area (Å²) < 4.78 is 1.61. The van der Waals surface area contributed by atoms with Crippen LogP contribution in [-0.4, -0.2) is 21.2 Å². The van der Waals surface area contributed by atoms with Crippen molar-refractivity contribution in [3.8, 4) is 5.69 Å². The van der Waals surface area contributed by atoms with E-state index < -0.39 is 0 Å². The summed E-state index contributed by atoms with van der Waals surface area (Å²) in [7, 11) is 0. The molecule has 0 unspecified atom stereocenters. The average molecular weight is 492 g/mol. The van der Waals surface area contributed by atoms with Gasteiger partial charge in [0.1, 0.15) is 0 Å². The summed E-state index contributed by atoms with van der Waals surface area (Å²) in [6, 6.07) is 34.5. The minimum atomic E-state index is -0.274. The SMILES string of the molecule is Cc1ccccc1-n1c(SCC(=O)NC(c2ccccc2)c2ccccc2)nc2ccccc2c1=O. The number of thioether (sulfide) groups is 1. The lowest BCUT2D eigenvalue weighted by Gasteiger charge is -2.20. The molecule has 0 saturated heterocycles. The maximum atomic E-state index is 13.5. The number of aryl methyl sites for hydroxylation is 1. The summed E-state index contributed by atoms with van der Waals surface area (Å²) in [5, 5.41) is 4.20. The summed E-state index contributed by atoms with van der Waals surface area (Å²) in [5.74, 6) is -0.0243. The van der Waals surface area contributed by atoms with Crippen molar-refractivity contribution in [3.63, 3.8) is 0 Å². The van der Waals surface area contributed by atoms with E-state index in [0.717, 1.165) is 22.4 Å². The summed E-state index contributed by atoms with van der Waals surface area (Å²) >= 11 is 1.26. The number of nitrogens with zero attached hydrogens (tertiary/aromatic N) is 2. The fraction of sp³-hybridized carbons (Fsp3) is 0.100. The molecule has 0 aliphatic rings. The van der Waals surface area contributed by atoms with Crippen LogP contribution in [0.15, 0.2) is 119 Å². The molecule has 0 atom stereocenters. The van der Waals surface area contributed by atoms with Gasteiger partial charge in [-0.15, -0.1) is 0 Å². The molecule has 4 aromatic carbocycles.